The van der Waals surface area contributed by atoms with Crippen molar-refractivity contribution in [2.45, 2.75) is 19.0 Å². The molecule has 2 aromatic rings. The van der Waals surface area contributed by atoms with Gasteiger partial charge in [0, 0.05) is 19.2 Å². The van der Waals surface area contributed by atoms with E-state index in [4.69, 9.17) is 4.74 Å². The van der Waals surface area contributed by atoms with Crippen molar-refractivity contribution in [1.29, 1.82) is 0 Å². The van der Waals surface area contributed by atoms with E-state index in [0.717, 1.165) is 17.0 Å². The average molecular weight is 275 g/mol. The van der Waals surface area contributed by atoms with Gasteiger partial charge in [-0.3, -0.25) is 10.1 Å². The van der Waals surface area contributed by atoms with Crippen molar-refractivity contribution in [3.8, 4) is 5.75 Å². The van der Waals surface area contributed by atoms with Crippen LogP contribution >= 0.6 is 0 Å². The van der Waals surface area contributed by atoms with E-state index in [9.17, 15) is 9.90 Å². The summed E-state index contributed by atoms with van der Waals surface area (Å²) in [6.07, 6.45) is 3.58. The van der Waals surface area contributed by atoms with E-state index in [2.05, 4.69) is 15.3 Å². The molecule has 106 valence electrons. The zero-order valence-corrected chi connectivity index (χ0v) is 11.2. The number of aromatic amines is 1. The number of carbonyl (C=O) groups is 1. The van der Waals surface area contributed by atoms with Gasteiger partial charge in [0.2, 0.25) is 0 Å². The topological polar surface area (TPSA) is 87.2 Å². The molecule has 0 bridgehead atoms. The Kier molecular flexibility index (Phi) is 4.73. The summed E-state index contributed by atoms with van der Waals surface area (Å²) in [7, 11) is 1.61. The fraction of sp³-hybridized carbons (Fsp3) is 0.286. The first-order valence-corrected chi connectivity index (χ1v) is 6.26. The quantitative estimate of drug-likeness (QED) is 0.707. The number of rotatable bonds is 7. The number of hydrogen-bond donors (Lipinski definition) is 3. The van der Waals surface area contributed by atoms with E-state index in [1.54, 1.807) is 13.3 Å². The number of aliphatic carboxylic acids is 1. The maximum absolute atomic E-state index is 11.2. The molecule has 0 saturated heterocycles. The van der Waals surface area contributed by atoms with E-state index in [1.807, 2.05) is 24.3 Å². The van der Waals surface area contributed by atoms with Gasteiger partial charge in [0.15, 0.2) is 0 Å². The Morgan fingerprint density at radius 2 is 2.20 bits per heavy atom. The SMILES string of the molecule is COc1ccc(CN[C@@H](Cc2c[nH]cn2)C(=O)O)cc1. The number of nitrogens with one attached hydrogen (secondary N) is 2. The zero-order chi connectivity index (χ0) is 14.4. The lowest BCUT2D eigenvalue weighted by Gasteiger charge is -2.13. The number of hydrogen-bond acceptors (Lipinski definition) is 4. The molecular weight excluding hydrogens is 258 g/mol. The molecule has 2 rings (SSSR count). The molecule has 0 aliphatic heterocycles. The molecule has 0 saturated carbocycles. The predicted octanol–water partition coefficient (Wildman–Crippen LogP) is 1.20. The summed E-state index contributed by atoms with van der Waals surface area (Å²) in [4.78, 5) is 18.1. The number of aromatic nitrogens is 2. The number of benzene rings is 1. The summed E-state index contributed by atoms with van der Waals surface area (Å²) in [5, 5.41) is 12.2. The Morgan fingerprint density at radius 1 is 1.45 bits per heavy atom. The fourth-order valence-corrected chi connectivity index (χ4v) is 1.84. The van der Waals surface area contributed by atoms with Crippen molar-refractivity contribution in [2.75, 3.05) is 7.11 Å². The molecule has 0 aliphatic rings. The molecule has 0 fully saturated rings. The Balaban J connectivity index is 1.92. The monoisotopic (exact) mass is 275 g/mol. The van der Waals surface area contributed by atoms with Crippen molar-refractivity contribution in [2.24, 2.45) is 0 Å². The van der Waals surface area contributed by atoms with Gasteiger partial charge in [-0.15, -0.1) is 0 Å². The van der Waals surface area contributed by atoms with Gasteiger partial charge in [0.05, 0.1) is 19.1 Å². The summed E-state index contributed by atoms with van der Waals surface area (Å²) >= 11 is 0. The van der Waals surface area contributed by atoms with Crippen LogP contribution in [-0.4, -0.2) is 34.2 Å². The normalized spacial score (nSPS) is 12.1. The van der Waals surface area contributed by atoms with Crippen LogP contribution in [0.3, 0.4) is 0 Å². The molecule has 20 heavy (non-hydrogen) atoms. The van der Waals surface area contributed by atoms with E-state index in [-0.39, 0.29) is 0 Å². The second-order valence-corrected chi connectivity index (χ2v) is 4.38. The number of H-pyrrole nitrogens is 1. The van der Waals surface area contributed by atoms with Crippen LogP contribution < -0.4 is 10.1 Å². The first-order chi connectivity index (χ1) is 9.69. The van der Waals surface area contributed by atoms with Crippen LogP contribution in [0.1, 0.15) is 11.3 Å². The molecule has 0 spiro atoms. The molecule has 3 N–H and O–H groups in total. The van der Waals surface area contributed by atoms with Gasteiger partial charge in [-0.05, 0) is 17.7 Å². The Hall–Kier alpha value is -2.34. The fourth-order valence-electron chi connectivity index (χ4n) is 1.84. The minimum Gasteiger partial charge on any atom is -0.497 e. The number of methoxy groups -OCH3 is 1. The van der Waals surface area contributed by atoms with Crippen LogP contribution in [0.15, 0.2) is 36.8 Å². The number of ether oxygens (including phenoxy) is 1. The van der Waals surface area contributed by atoms with E-state index >= 15 is 0 Å². The third kappa shape index (κ3) is 3.83. The maximum Gasteiger partial charge on any atom is 0.321 e. The van der Waals surface area contributed by atoms with Gasteiger partial charge in [0.1, 0.15) is 11.8 Å². The van der Waals surface area contributed by atoms with Gasteiger partial charge < -0.3 is 14.8 Å². The van der Waals surface area contributed by atoms with Gasteiger partial charge in [-0.1, -0.05) is 12.1 Å². The van der Waals surface area contributed by atoms with Gasteiger partial charge >= 0.3 is 5.97 Å². The lowest BCUT2D eigenvalue weighted by Crippen LogP contribution is -2.38. The van der Waals surface area contributed by atoms with Crippen molar-refractivity contribution in [1.82, 2.24) is 15.3 Å². The van der Waals surface area contributed by atoms with Crippen LogP contribution in [0.25, 0.3) is 0 Å². The van der Waals surface area contributed by atoms with Crippen molar-refractivity contribution < 1.29 is 14.6 Å². The van der Waals surface area contributed by atoms with E-state index in [0.29, 0.717) is 13.0 Å². The van der Waals surface area contributed by atoms with Crippen LogP contribution in [0, 0.1) is 0 Å². The van der Waals surface area contributed by atoms with Crippen molar-refractivity contribution in [3.05, 3.63) is 48.0 Å². The Morgan fingerprint density at radius 3 is 2.75 bits per heavy atom. The molecule has 1 aromatic carbocycles. The average Bonchev–Trinajstić information content (AvgIpc) is 2.96. The summed E-state index contributed by atoms with van der Waals surface area (Å²) in [6.45, 7) is 0.478. The highest BCUT2D eigenvalue weighted by Gasteiger charge is 2.18. The highest BCUT2D eigenvalue weighted by Crippen LogP contribution is 2.11. The molecule has 0 amide bonds. The standard InChI is InChI=1S/C14H17N3O3/c1-20-12-4-2-10(3-5-12)7-16-13(14(18)19)6-11-8-15-9-17-11/h2-5,8-9,13,16H,6-7H2,1H3,(H,15,17)(H,18,19)/t13-/m0/s1. The number of carboxylic acid groups (broad SMARTS) is 1. The summed E-state index contributed by atoms with van der Waals surface area (Å²) in [5.74, 6) is -0.110. The lowest BCUT2D eigenvalue weighted by molar-refractivity contribution is -0.139. The summed E-state index contributed by atoms with van der Waals surface area (Å²) in [5.41, 5.74) is 1.72. The second kappa shape index (κ2) is 6.72. The molecule has 1 aromatic heterocycles. The summed E-state index contributed by atoms with van der Waals surface area (Å²) in [6, 6.07) is 6.83. The third-order valence-corrected chi connectivity index (χ3v) is 2.98. The van der Waals surface area contributed by atoms with E-state index < -0.39 is 12.0 Å². The molecular formula is C14H17N3O3. The lowest BCUT2D eigenvalue weighted by atomic mass is 10.1. The smallest absolute Gasteiger partial charge is 0.321 e. The maximum atomic E-state index is 11.2. The summed E-state index contributed by atoms with van der Waals surface area (Å²) < 4.78 is 5.08. The first kappa shape index (κ1) is 14.1. The van der Waals surface area contributed by atoms with Crippen LogP contribution in [-0.2, 0) is 17.8 Å². The van der Waals surface area contributed by atoms with Crippen LogP contribution in [0.5, 0.6) is 5.75 Å². The highest BCUT2D eigenvalue weighted by atomic mass is 16.5. The van der Waals surface area contributed by atoms with Gasteiger partial charge in [0.25, 0.3) is 0 Å². The number of imidazole rings is 1. The molecule has 0 radical (unpaired) electrons. The van der Waals surface area contributed by atoms with Gasteiger partial charge in [-0.2, -0.15) is 0 Å². The molecule has 0 unspecified atom stereocenters. The second-order valence-electron chi connectivity index (χ2n) is 4.38. The van der Waals surface area contributed by atoms with Gasteiger partial charge in [-0.25, -0.2) is 4.98 Å². The van der Waals surface area contributed by atoms with E-state index in [1.165, 1.54) is 6.33 Å². The minimum atomic E-state index is -0.887. The third-order valence-electron chi connectivity index (χ3n) is 2.98. The minimum absolute atomic E-state index is 0.342. The number of nitrogens with zero attached hydrogens (tertiary/aromatic N) is 1. The predicted molar refractivity (Wildman–Crippen MR) is 73.5 cm³/mol. The van der Waals surface area contributed by atoms with Crippen LogP contribution in [0.4, 0.5) is 0 Å². The molecule has 6 nitrogen and oxygen atoms in total. The number of carboxylic acids is 1. The Bertz CT molecular complexity index is 537. The van der Waals surface area contributed by atoms with Crippen molar-refractivity contribution in [3.63, 3.8) is 0 Å². The zero-order valence-electron chi connectivity index (χ0n) is 11.2. The molecule has 0 aliphatic carbocycles. The van der Waals surface area contributed by atoms with Crippen molar-refractivity contribution >= 4 is 5.97 Å². The molecule has 6 heteroatoms. The molecule has 1 heterocycles. The molecule has 1 atom stereocenters. The Labute approximate surface area is 116 Å². The first-order valence-electron chi connectivity index (χ1n) is 6.26. The highest BCUT2D eigenvalue weighted by molar-refractivity contribution is 5.73. The van der Waals surface area contributed by atoms with Crippen LogP contribution in [0.2, 0.25) is 0 Å². The largest absolute Gasteiger partial charge is 0.497 e.